The van der Waals surface area contributed by atoms with Crippen molar-refractivity contribution < 1.29 is 0 Å². The molecule has 4 N–H and O–H groups in total. The van der Waals surface area contributed by atoms with Gasteiger partial charge in [-0.15, -0.1) is 0 Å². The molecule has 72 valence electrons. The van der Waals surface area contributed by atoms with Crippen LogP contribution in [0.15, 0.2) is 6.20 Å². The van der Waals surface area contributed by atoms with Crippen LogP contribution in [0.3, 0.4) is 0 Å². The monoisotopic (exact) mass is 180 g/mol. The van der Waals surface area contributed by atoms with Crippen LogP contribution in [0, 0.1) is 5.41 Å². The summed E-state index contributed by atoms with van der Waals surface area (Å²) in [6.07, 6.45) is 3.23. The fourth-order valence-electron chi connectivity index (χ4n) is 1.29. The lowest BCUT2D eigenvalue weighted by molar-refractivity contribution is 0.793. The average Bonchev–Trinajstić information content (AvgIpc) is 2.47. The fourth-order valence-corrected chi connectivity index (χ4v) is 1.29. The van der Waals surface area contributed by atoms with Crippen LogP contribution in [0.2, 0.25) is 0 Å². The van der Waals surface area contributed by atoms with Crippen molar-refractivity contribution in [1.82, 2.24) is 10.2 Å². The number of aryl methyl sites for hydroxylation is 1. The number of hydrogen-bond donors (Lipinski definition) is 3. The summed E-state index contributed by atoms with van der Waals surface area (Å²) in [6.45, 7) is 4.23. The molecule has 0 amide bonds. The second-order valence-corrected chi connectivity index (χ2v) is 3.49. The molecule has 0 fully saturated rings. The molecule has 0 saturated heterocycles. The van der Waals surface area contributed by atoms with E-state index in [-0.39, 0.29) is 5.84 Å². The van der Waals surface area contributed by atoms with E-state index in [0.29, 0.717) is 12.3 Å². The number of rotatable bonds is 4. The van der Waals surface area contributed by atoms with Gasteiger partial charge in [0.05, 0.1) is 12.0 Å². The van der Waals surface area contributed by atoms with Crippen LogP contribution in [0.5, 0.6) is 0 Å². The molecule has 0 aliphatic rings. The molecule has 0 unspecified atom stereocenters. The molecule has 0 aromatic carbocycles. The molecule has 0 spiro atoms. The molecule has 13 heavy (non-hydrogen) atoms. The third-order valence-corrected chi connectivity index (χ3v) is 1.99. The van der Waals surface area contributed by atoms with Gasteiger partial charge >= 0.3 is 0 Å². The third-order valence-electron chi connectivity index (χ3n) is 1.99. The Labute approximate surface area is 78.0 Å². The minimum atomic E-state index is 0.232. The van der Waals surface area contributed by atoms with Crippen molar-refractivity contribution in [3.63, 3.8) is 0 Å². The standard InChI is InChI=1S/C9H16N4/c1-6(2)9-7(5-12-13-9)3-4-8(10)11/h5-6H,3-4H2,1-2H3,(H3,10,11)(H,12,13). The minimum Gasteiger partial charge on any atom is -0.388 e. The molecule has 0 aliphatic heterocycles. The number of aromatic nitrogens is 2. The number of nitrogens with zero attached hydrogens (tertiary/aromatic N) is 1. The predicted octanol–water partition coefficient (Wildman–Crippen LogP) is 1.40. The lowest BCUT2D eigenvalue weighted by Gasteiger charge is -2.04. The minimum absolute atomic E-state index is 0.232. The van der Waals surface area contributed by atoms with Crippen molar-refractivity contribution in [2.24, 2.45) is 5.73 Å². The Morgan fingerprint density at radius 3 is 2.92 bits per heavy atom. The summed E-state index contributed by atoms with van der Waals surface area (Å²) in [5.41, 5.74) is 7.61. The first kappa shape index (κ1) is 9.77. The number of H-pyrrole nitrogens is 1. The van der Waals surface area contributed by atoms with Crippen molar-refractivity contribution in [2.75, 3.05) is 0 Å². The van der Waals surface area contributed by atoms with Crippen LogP contribution in [0.25, 0.3) is 0 Å². The van der Waals surface area contributed by atoms with E-state index in [1.807, 2.05) is 6.20 Å². The second-order valence-electron chi connectivity index (χ2n) is 3.49. The highest BCUT2D eigenvalue weighted by Gasteiger charge is 2.08. The lowest BCUT2D eigenvalue weighted by Crippen LogP contribution is -2.10. The summed E-state index contributed by atoms with van der Waals surface area (Å²) < 4.78 is 0. The molecule has 4 nitrogen and oxygen atoms in total. The van der Waals surface area contributed by atoms with Crippen molar-refractivity contribution in [2.45, 2.75) is 32.6 Å². The SMILES string of the molecule is CC(C)c1[nH]ncc1CCC(=N)N. The second kappa shape index (κ2) is 4.07. The first-order valence-electron chi connectivity index (χ1n) is 4.46. The van der Waals surface area contributed by atoms with E-state index in [9.17, 15) is 0 Å². The highest BCUT2D eigenvalue weighted by Crippen LogP contribution is 2.17. The Morgan fingerprint density at radius 1 is 1.69 bits per heavy atom. The molecular formula is C9H16N4. The Hall–Kier alpha value is -1.32. The summed E-state index contributed by atoms with van der Waals surface area (Å²) in [4.78, 5) is 0. The first-order chi connectivity index (χ1) is 6.11. The van der Waals surface area contributed by atoms with E-state index in [2.05, 4.69) is 24.0 Å². The van der Waals surface area contributed by atoms with Gasteiger partial charge < -0.3 is 5.73 Å². The maximum Gasteiger partial charge on any atom is 0.0908 e. The van der Waals surface area contributed by atoms with Crippen LogP contribution >= 0.6 is 0 Å². The van der Waals surface area contributed by atoms with E-state index < -0.39 is 0 Å². The molecule has 0 atom stereocenters. The van der Waals surface area contributed by atoms with E-state index in [1.54, 1.807) is 0 Å². The van der Waals surface area contributed by atoms with Crippen LogP contribution < -0.4 is 5.73 Å². The molecule has 0 saturated carbocycles. The van der Waals surface area contributed by atoms with Gasteiger partial charge in [0, 0.05) is 12.1 Å². The number of amidine groups is 1. The first-order valence-corrected chi connectivity index (χ1v) is 4.46. The number of hydrogen-bond acceptors (Lipinski definition) is 2. The van der Waals surface area contributed by atoms with Gasteiger partial charge in [0.2, 0.25) is 0 Å². The Balaban J connectivity index is 2.65. The lowest BCUT2D eigenvalue weighted by atomic mass is 10.0. The Bertz CT molecular complexity index is 288. The zero-order valence-electron chi connectivity index (χ0n) is 8.09. The highest BCUT2D eigenvalue weighted by atomic mass is 15.1. The Kier molecular flexibility index (Phi) is 3.06. The van der Waals surface area contributed by atoms with Gasteiger partial charge in [-0.1, -0.05) is 13.8 Å². The summed E-state index contributed by atoms with van der Waals surface area (Å²) in [5.74, 6) is 0.681. The molecule has 4 heteroatoms. The molecule has 1 aromatic heterocycles. The molecule has 0 radical (unpaired) electrons. The molecule has 1 heterocycles. The molecule has 1 aromatic rings. The number of nitrogens with one attached hydrogen (secondary N) is 2. The van der Waals surface area contributed by atoms with E-state index in [1.165, 1.54) is 5.56 Å². The predicted molar refractivity (Wildman–Crippen MR) is 52.9 cm³/mol. The summed E-state index contributed by atoms with van der Waals surface area (Å²) in [6, 6.07) is 0. The van der Waals surface area contributed by atoms with E-state index in [4.69, 9.17) is 11.1 Å². The topological polar surface area (TPSA) is 78.5 Å². The zero-order valence-corrected chi connectivity index (χ0v) is 8.09. The van der Waals surface area contributed by atoms with Crippen LogP contribution in [-0.4, -0.2) is 16.0 Å². The van der Waals surface area contributed by atoms with Crippen molar-refractivity contribution in [1.29, 1.82) is 5.41 Å². The summed E-state index contributed by atoms with van der Waals surface area (Å²) in [5, 5.41) is 14.1. The quantitative estimate of drug-likeness (QED) is 0.483. The average molecular weight is 180 g/mol. The molecule has 0 aliphatic carbocycles. The van der Waals surface area contributed by atoms with Crippen molar-refractivity contribution >= 4 is 5.84 Å². The largest absolute Gasteiger partial charge is 0.388 e. The van der Waals surface area contributed by atoms with E-state index in [0.717, 1.165) is 12.1 Å². The van der Waals surface area contributed by atoms with Crippen LogP contribution in [-0.2, 0) is 6.42 Å². The number of nitrogens with two attached hydrogens (primary N) is 1. The molecule has 0 bridgehead atoms. The van der Waals surface area contributed by atoms with Gasteiger partial charge in [-0.25, -0.2) is 0 Å². The van der Waals surface area contributed by atoms with Gasteiger partial charge in [-0.2, -0.15) is 5.10 Å². The van der Waals surface area contributed by atoms with Crippen LogP contribution in [0.1, 0.15) is 37.4 Å². The normalized spacial score (nSPS) is 10.7. The zero-order chi connectivity index (χ0) is 9.84. The number of aromatic amines is 1. The highest BCUT2D eigenvalue weighted by molar-refractivity contribution is 5.77. The maximum absolute atomic E-state index is 7.12. The maximum atomic E-state index is 7.12. The molecule has 1 rings (SSSR count). The Morgan fingerprint density at radius 2 is 2.38 bits per heavy atom. The van der Waals surface area contributed by atoms with Crippen molar-refractivity contribution in [3.05, 3.63) is 17.5 Å². The van der Waals surface area contributed by atoms with Crippen molar-refractivity contribution in [3.8, 4) is 0 Å². The third kappa shape index (κ3) is 2.57. The van der Waals surface area contributed by atoms with Gasteiger partial charge in [0.15, 0.2) is 0 Å². The van der Waals surface area contributed by atoms with Gasteiger partial charge in [0.1, 0.15) is 0 Å². The van der Waals surface area contributed by atoms with E-state index >= 15 is 0 Å². The van der Waals surface area contributed by atoms with Crippen LogP contribution in [0.4, 0.5) is 0 Å². The smallest absolute Gasteiger partial charge is 0.0908 e. The summed E-state index contributed by atoms with van der Waals surface area (Å²) >= 11 is 0. The van der Waals surface area contributed by atoms with Gasteiger partial charge in [-0.05, 0) is 17.9 Å². The summed E-state index contributed by atoms with van der Waals surface area (Å²) in [7, 11) is 0. The fraction of sp³-hybridized carbons (Fsp3) is 0.556. The van der Waals surface area contributed by atoms with Gasteiger partial charge in [0.25, 0.3) is 0 Å². The molecular weight excluding hydrogens is 164 g/mol. The van der Waals surface area contributed by atoms with Gasteiger partial charge in [-0.3, -0.25) is 10.5 Å².